The normalized spacial score (nSPS) is 14.0. The summed E-state index contributed by atoms with van der Waals surface area (Å²) in [6, 6.07) is 5.40. The molecule has 0 aliphatic heterocycles. The maximum Gasteiger partial charge on any atom is 0.291 e. The van der Waals surface area contributed by atoms with E-state index >= 15 is 0 Å². The number of pyridine rings is 1. The monoisotopic (exact) mass is 367 g/mol. The van der Waals surface area contributed by atoms with Crippen molar-refractivity contribution in [3.05, 3.63) is 46.5 Å². The lowest BCUT2D eigenvalue weighted by Crippen LogP contribution is -2.34. The van der Waals surface area contributed by atoms with Gasteiger partial charge in [-0.15, -0.1) is 0 Å². The van der Waals surface area contributed by atoms with Crippen molar-refractivity contribution in [1.29, 1.82) is 0 Å². The van der Waals surface area contributed by atoms with Gasteiger partial charge in [-0.1, -0.05) is 13.8 Å². The minimum absolute atomic E-state index is 0.0792. The summed E-state index contributed by atoms with van der Waals surface area (Å²) in [5.74, 6) is -0.679. The van der Waals surface area contributed by atoms with Gasteiger partial charge in [0.25, 0.3) is 11.5 Å². The Kier molecular flexibility index (Phi) is 4.18. The molecule has 4 rings (SSSR count). The summed E-state index contributed by atoms with van der Waals surface area (Å²) in [5.41, 5.74) is 0.931. The smallest absolute Gasteiger partial charge is 0.291 e. The van der Waals surface area contributed by atoms with Gasteiger partial charge in [-0.05, 0) is 30.9 Å². The third kappa shape index (κ3) is 3.18. The minimum Gasteiger partial charge on any atom is -0.494 e. The minimum atomic E-state index is -0.624. The van der Waals surface area contributed by atoms with Gasteiger partial charge < -0.3 is 10.4 Å². The fourth-order valence-corrected chi connectivity index (χ4v) is 3.05. The van der Waals surface area contributed by atoms with E-state index in [1.165, 1.54) is 4.52 Å². The molecule has 8 nitrogen and oxygen atoms in total. The van der Waals surface area contributed by atoms with Crippen LogP contribution in [0.25, 0.3) is 16.9 Å². The zero-order chi connectivity index (χ0) is 19.1. The molecule has 0 saturated heterocycles. The fourth-order valence-electron chi connectivity index (χ4n) is 3.05. The van der Waals surface area contributed by atoms with E-state index < -0.39 is 11.5 Å². The Bertz CT molecular complexity index is 1060. The third-order valence-corrected chi connectivity index (χ3v) is 4.52. The molecule has 2 N–H and O–H groups in total. The number of aromatic hydroxyl groups is 1. The van der Waals surface area contributed by atoms with E-state index in [4.69, 9.17) is 0 Å². The summed E-state index contributed by atoms with van der Waals surface area (Å²) in [6.07, 6.45) is 5.07. The summed E-state index contributed by atoms with van der Waals surface area (Å²) in [7, 11) is 0. The molecule has 8 heteroatoms. The Morgan fingerprint density at radius 3 is 2.67 bits per heavy atom. The van der Waals surface area contributed by atoms with Crippen molar-refractivity contribution < 1.29 is 9.90 Å². The van der Waals surface area contributed by atoms with Crippen molar-refractivity contribution in [2.75, 3.05) is 0 Å². The van der Waals surface area contributed by atoms with Crippen molar-refractivity contribution in [1.82, 2.24) is 24.5 Å². The van der Waals surface area contributed by atoms with Crippen LogP contribution < -0.4 is 10.9 Å². The third-order valence-electron chi connectivity index (χ3n) is 4.52. The lowest BCUT2D eigenvalue weighted by molar-refractivity contribution is 0.0944. The average molecular weight is 367 g/mol. The molecule has 140 valence electrons. The van der Waals surface area contributed by atoms with Gasteiger partial charge in [0, 0.05) is 36.6 Å². The van der Waals surface area contributed by atoms with E-state index in [1.54, 1.807) is 35.2 Å². The van der Waals surface area contributed by atoms with Gasteiger partial charge in [-0.25, -0.2) is 0 Å². The molecule has 0 unspecified atom stereocenters. The molecule has 3 aromatic heterocycles. The molecular formula is C19H21N5O3. The van der Waals surface area contributed by atoms with Crippen molar-refractivity contribution >= 4 is 11.6 Å². The lowest BCUT2D eigenvalue weighted by Gasteiger charge is -2.16. The summed E-state index contributed by atoms with van der Waals surface area (Å²) in [6.45, 7) is 4.44. The fraction of sp³-hybridized carbons (Fsp3) is 0.368. The topological polar surface area (TPSA) is 102 Å². The quantitative estimate of drug-likeness (QED) is 0.716. The van der Waals surface area contributed by atoms with Crippen LogP contribution in [0.4, 0.5) is 0 Å². The van der Waals surface area contributed by atoms with E-state index in [9.17, 15) is 14.7 Å². The van der Waals surface area contributed by atoms with Crippen molar-refractivity contribution in [3.8, 4) is 17.1 Å². The average Bonchev–Trinajstić information content (AvgIpc) is 3.33. The number of hydrogen-bond acceptors (Lipinski definition) is 5. The highest BCUT2D eigenvalue weighted by atomic mass is 16.3. The molecule has 3 aromatic rings. The molecule has 0 aromatic carbocycles. The number of nitrogens with zero attached hydrogens (tertiary/aromatic N) is 4. The van der Waals surface area contributed by atoms with Crippen LogP contribution in [-0.4, -0.2) is 36.2 Å². The number of nitrogens with one attached hydrogen (secondary N) is 1. The number of aromatic nitrogens is 4. The van der Waals surface area contributed by atoms with Crippen molar-refractivity contribution in [2.24, 2.45) is 5.92 Å². The van der Waals surface area contributed by atoms with Gasteiger partial charge in [-0.2, -0.15) is 9.61 Å². The predicted molar refractivity (Wildman–Crippen MR) is 99.7 cm³/mol. The van der Waals surface area contributed by atoms with Crippen LogP contribution in [0.3, 0.4) is 0 Å². The summed E-state index contributed by atoms with van der Waals surface area (Å²) in [4.78, 5) is 29.5. The summed E-state index contributed by atoms with van der Waals surface area (Å²) >= 11 is 0. The second-order valence-electron chi connectivity index (χ2n) is 7.29. The van der Waals surface area contributed by atoms with Crippen LogP contribution in [0.2, 0.25) is 0 Å². The molecule has 0 atom stereocenters. The molecule has 1 amide bonds. The Morgan fingerprint density at radius 2 is 2.04 bits per heavy atom. The number of carbonyl (C=O) groups is 1. The molecule has 0 spiro atoms. The van der Waals surface area contributed by atoms with E-state index in [0.29, 0.717) is 17.9 Å². The highest BCUT2D eigenvalue weighted by Crippen LogP contribution is 2.25. The van der Waals surface area contributed by atoms with Gasteiger partial charge >= 0.3 is 0 Å². The Labute approximate surface area is 155 Å². The number of amides is 1. The second-order valence-corrected chi connectivity index (χ2v) is 7.29. The Morgan fingerprint density at radius 1 is 1.33 bits per heavy atom. The molecule has 1 aliphatic rings. The first-order chi connectivity index (χ1) is 13.0. The van der Waals surface area contributed by atoms with Crippen LogP contribution in [0.15, 0.2) is 35.4 Å². The van der Waals surface area contributed by atoms with E-state index in [-0.39, 0.29) is 23.4 Å². The van der Waals surface area contributed by atoms with Gasteiger partial charge in [0.2, 0.25) is 5.88 Å². The maximum absolute atomic E-state index is 12.9. The molecule has 0 bridgehead atoms. The first kappa shape index (κ1) is 17.3. The van der Waals surface area contributed by atoms with Gasteiger partial charge in [0.05, 0.1) is 5.69 Å². The van der Waals surface area contributed by atoms with Crippen LogP contribution >= 0.6 is 0 Å². The van der Waals surface area contributed by atoms with Gasteiger partial charge in [0.15, 0.2) is 5.56 Å². The number of carbonyl (C=O) groups excluding carboxylic acids is 1. The van der Waals surface area contributed by atoms with E-state index in [2.05, 4.69) is 15.4 Å². The molecule has 1 fully saturated rings. The van der Waals surface area contributed by atoms with Gasteiger partial charge in [-0.3, -0.25) is 19.1 Å². The summed E-state index contributed by atoms with van der Waals surface area (Å²) in [5, 5.41) is 17.9. The highest BCUT2D eigenvalue weighted by molar-refractivity contribution is 5.96. The summed E-state index contributed by atoms with van der Waals surface area (Å²) < 4.78 is 2.77. The first-order valence-electron chi connectivity index (χ1n) is 9.02. The molecule has 3 heterocycles. The SMILES string of the molecule is CC(C)Cn1c(O)c(C(=O)NC2CC2)c(=O)n2nc(-c3ccncc3)cc12. The second kappa shape index (κ2) is 6.53. The number of fused-ring (bicyclic) bond motifs is 1. The van der Waals surface area contributed by atoms with E-state index in [0.717, 1.165) is 18.4 Å². The maximum atomic E-state index is 12.9. The Balaban J connectivity index is 1.93. The molecular weight excluding hydrogens is 346 g/mol. The molecule has 1 aliphatic carbocycles. The zero-order valence-corrected chi connectivity index (χ0v) is 15.2. The zero-order valence-electron chi connectivity index (χ0n) is 15.2. The number of rotatable bonds is 5. The number of hydrogen-bond donors (Lipinski definition) is 2. The molecule has 1 saturated carbocycles. The van der Waals surface area contributed by atoms with E-state index in [1.807, 2.05) is 13.8 Å². The van der Waals surface area contributed by atoms with Gasteiger partial charge in [0.1, 0.15) is 5.65 Å². The molecule has 27 heavy (non-hydrogen) atoms. The largest absolute Gasteiger partial charge is 0.494 e. The Hall–Kier alpha value is -3.16. The van der Waals surface area contributed by atoms with Crippen molar-refractivity contribution in [2.45, 2.75) is 39.3 Å². The highest BCUT2D eigenvalue weighted by Gasteiger charge is 2.29. The van der Waals surface area contributed by atoms with Crippen LogP contribution in [-0.2, 0) is 6.54 Å². The van der Waals surface area contributed by atoms with Crippen molar-refractivity contribution in [3.63, 3.8) is 0 Å². The molecule has 0 radical (unpaired) electrons. The lowest BCUT2D eigenvalue weighted by atomic mass is 10.2. The van der Waals surface area contributed by atoms with Crippen LogP contribution in [0.5, 0.6) is 5.88 Å². The first-order valence-corrected chi connectivity index (χ1v) is 9.02. The van der Waals surface area contributed by atoms with Crippen LogP contribution in [0.1, 0.15) is 37.0 Å². The standard InChI is InChI=1S/C19H21N5O3/c1-11(2)10-23-15-9-14(12-5-7-20-8-6-12)22-24(15)19(27)16(18(23)26)17(25)21-13-3-4-13/h5-9,11,13,26H,3-4,10H2,1-2H3,(H,21,25). The van der Waals surface area contributed by atoms with Crippen LogP contribution in [0, 0.1) is 5.92 Å². The predicted octanol–water partition coefficient (Wildman–Crippen LogP) is 1.81.